The summed E-state index contributed by atoms with van der Waals surface area (Å²) in [5.41, 5.74) is 3.00. The highest BCUT2D eigenvalue weighted by molar-refractivity contribution is 6.00. The van der Waals surface area contributed by atoms with Gasteiger partial charge in [0.2, 0.25) is 12.3 Å². The van der Waals surface area contributed by atoms with Crippen molar-refractivity contribution < 1.29 is 57.0 Å². The molecule has 0 aliphatic heterocycles. The lowest BCUT2D eigenvalue weighted by atomic mass is 9.90. The maximum atomic E-state index is 13.8. The lowest BCUT2D eigenvalue weighted by molar-refractivity contribution is -0.171. The van der Waals surface area contributed by atoms with E-state index in [1.54, 1.807) is 105 Å². The number of nitrogens with one attached hydrogen (secondary N) is 3. The number of hydrogen-bond donors (Lipinski definition) is 3. The van der Waals surface area contributed by atoms with Crippen molar-refractivity contribution >= 4 is 42.0 Å². The van der Waals surface area contributed by atoms with Gasteiger partial charge in [0.1, 0.15) is 30.8 Å². The summed E-state index contributed by atoms with van der Waals surface area (Å²) in [6.07, 6.45) is 6.69. The molecule has 17 nitrogen and oxygen atoms in total. The quantitative estimate of drug-likeness (QED) is 0.0147. The van der Waals surface area contributed by atoms with Crippen LogP contribution in [0, 0.1) is 5.92 Å². The van der Waals surface area contributed by atoms with E-state index in [2.05, 4.69) is 16.0 Å². The average Bonchev–Trinajstić information content (AvgIpc) is 4.14. The number of aromatic nitrogens is 1. The standard InChI is InChI=1S/C55H59N5O12/c1-4-7-10-21-43(46(5-2)60(37-61)72-54(66)40-22-25-42(26-23-40)59-30-15-16-31-59)51(63)56-36-57-53(65)48-29-28-47(71-48)41-24-27-44(49(32-41)68-6-3)52(64)58-45(55(67)70-35-39-19-13-9-14-20-39)33-50(62)69-34-38-17-11-8-12-18-38/h8-9,11-20,22-32,37,43,45-46H,4-7,10,21,33-36H2,1-3H3,(H,56,63)(H,57,65)(H,58,64)/t43?,45?,46-/m1/s1. The molecule has 2 unspecified atom stereocenters. The Labute approximate surface area is 417 Å². The fraction of sp³-hybridized carbons (Fsp3) is 0.291. The van der Waals surface area contributed by atoms with E-state index in [4.69, 9.17) is 23.5 Å². The number of hydroxylamine groups is 2. The van der Waals surface area contributed by atoms with E-state index < -0.39 is 60.1 Å². The van der Waals surface area contributed by atoms with Crippen LogP contribution in [-0.2, 0) is 46.7 Å². The van der Waals surface area contributed by atoms with Crippen molar-refractivity contribution in [2.45, 2.75) is 84.6 Å². The molecule has 0 spiro atoms. The zero-order chi connectivity index (χ0) is 51.2. The van der Waals surface area contributed by atoms with Gasteiger partial charge in [-0.3, -0.25) is 24.0 Å². The molecule has 3 N–H and O–H groups in total. The first-order valence-corrected chi connectivity index (χ1v) is 23.8. The number of carbonyl (C=O) groups is 7. The van der Waals surface area contributed by atoms with Crippen molar-refractivity contribution in [1.82, 2.24) is 25.6 Å². The number of furan rings is 1. The molecule has 2 heterocycles. The third kappa shape index (κ3) is 15.0. The van der Waals surface area contributed by atoms with E-state index in [0.717, 1.165) is 29.2 Å². The van der Waals surface area contributed by atoms with Gasteiger partial charge in [-0.2, -0.15) is 5.06 Å². The Bertz CT molecular complexity index is 2720. The van der Waals surface area contributed by atoms with E-state index in [0.29, 0.717) is 30.4 Å². The molecule has 0 aliphatic rings. The number of carbonyl (C=O) groups excluding carboxylic acids is 7. The van der Waals surface area contributed by atoms with Crippen LogP contribution in [0.15, 0.2) is 144 Å². The molecule has 4 aromatic carbocycles. The molecule has 72 heavy (non-hydrogen) atoms. The Kier molecular flexibility index (Phi) is 19.9. The molecule has 3 atom stereocenters. The smallest absolute Gasteiger partial charge is 0.363 e. The zero-order valence-electron chi connectivity index (χ0n) is 40.5. The summed E-state index contributed by atoms with van der Waals surface area (Å²) >= 11 is 0. The largest absolute Gasteiger partial charge is 0.493 e. The lowest BCUT2D eigenvalue weighted by Crippen LogP contribution is -2.49. The van der Waals surface area contributed by atoms with Crippen LogP contribution in [0.4, 0.5) is 0 Å². The van der Waals surface area contributed by atoms with E-state index in [9.17, 15) is 33.6 Å². The third-order valence-corrected chi connectivity index (χ3v) is 11.5. The van der Waals surface area contributed by atoms with Gasteiger partial charge in [-0.1, -0.05) is 99.8 Å². The van der Waals surface area contributed by atoms with Gasteiger partial charge in [0.05, 0.1) is 42.8 Å². The summed E-state index contributed by atoms with van der Waals surface area (Å²) in [6.45, 7) is 5.30. The van der Waals surface area contributed by atoms with Crippen LogP contribution in [0.3, 0.4) is 0 Å². The van der Waals surface area contributed by atoms with Gasteiger partial charge >= 0.3 is 17.9 Å². The maximum Gasteiger partial charge on any atom is 0.363 e. The topological polar surface area (TPSA) is 214 Å². The molecule has 6 aromatic rings. The van der Waals surface area contributed by atoms with Crippen molar-refractivity contribution in [3.05, 3.63) is 168 Å². The monoisotopic (exact) mass is 981 g/mol. The number of hydrogen-bond acceptors (Lipinski definition) is 12. The van der Waals surface area contributed by atoms with Gasteiger partial charge in [0.25, 0.3) is 11.8 Å². The van der Waals surface area contributed by atoms with E-state index in [1.165, 1.54) is 12.1 Å². The molecule has 0 aliphatic carbocycles. The molecule has 376 valence electrons. The number of nitrogens with zero attached hydrogens (tertiary/aromatic N) is 2. The summed E-state index contributed by atoms with van der Waals surface area (Å²) in [4.78, 5) is 98.4. The van der Waals surface area contributed by atoms with Gasteiger partial charge in [0, 0.05) is 23.6 Å². The first kappa shape index (κ1) is 52.9. The Balaban J connectivity index is 1.08. The summed E-state index contributed by atoms with van der Waals surface area (Å²) in [6, 6.07) is 33.8. The van der Waals surface area contributed by atoms with E-state index in [1.807, 2.05) is 48.1 Å². The lowest BCUT2D eigenvalue weighted by Gasteiger charge is -2.31. The van der Waals surface area contributed by atoms with Crippen molar-refractivity contribution in [2.75, 3.05) is 13.3 Å². The highest BCUT2D eigenvalue weighted by Crippen LogP contribution is 2.30. The van der Waals surface area contributed by atoms with Gasteiger partial charge in [-0.25, -0.2) is 9.59 Å². The molecule has 0 saturated heterocycles. The molecule has 0 fully saturated rings. The molecular weight excluding hydrogens is 923 g/mol. The second kappa shape index (κ2) is 27.1. The SMILES string of the molecule is CCCCCC(C(=O)NCNC(=O)c1ccc(-c2ccc(C(=O)NC(CC(=O)OCc3ccccc3)C(=O)OCc3ccccc3)c(OCC)c2)o1)[C@@H](CC)N(C=O)OC(=O)c1ccc(-n2cccc2)cc1. The predicted molar refractivity (Wildman–Crippen MR) is 265 cm³/mol. The van der Waals surface area contributed by atoms with E-state index in [-0.39, 0.29) is 61.3 Å². The van der Waals surface area contributed by atoms with Gasteiger partial charge < -0.3 is 44.0 Å². The minimum atomic E-state index is -1.41. The Morgan fingerprint density at radius 3 is 2.06 bits per heavy atom. The van der Waals surface area contributed by atoms with Crippen molar-refractivity contribution in [3.63, 3.8) is 0 Å². The molecule has 4 amide bonds. The molecule has 0 saturated carbocycles. The first-order chi connectivity index (χ1) is 35.0. The summed E-state index contributed by atoms with van der Waals surface area (Å²) in [5, 5.41) is 8.88. The molecule has 2 aromatic heterocycles. The summed E-state index contributed by atoms with van der Waals surface area (Å²) in [5.74, 6) is -4.64. The number of rotatable bonds is 27. The summed E-state index contributed by atoms with van der Waals surface area (Å²) < 4.78 is 24.5. The minimum Gasteiger partial charge on any atom is -0.493 e. The van der Waals surface area contributed by atoms with Crippen LogP contribution in [-0.4, -0.2) is 77.0 Å². The summed E-state index contributed by atoms with van der Waals surface area (Å²) in [7, 11) is 0. The van der Waals surface area contributed by atoms with Crippen molar-refractivity contribution in [3.8, 4) is 22.8 Å². The highest BCUT2D eigenvalue weighted by Gasteiger charge is 2.34. The van der Waals surface area contributed by atoms with Gasteiger partial charge in [-0.05, 0) is 91.6 Å². The molecule has 6 rings (SSSR count). The second-order valence-electron chi connectivity index (χ2n) is 16.6. The fourth-order valence-corrected chi connectivity index (χ4v) is 7.75. The Morgan fingerprint density at radius 2 is 1.42 bits per heavy atom. The molecular formula is C55H59N5O12. The van der Waals surface area contributed by atoms with Crippen LogP contribution in [0.1, 0.15) is 102 Å². The Hall–Kier alpha value is -8.47. The number of benzene rings is 4. The third-order valence-electron chi connectivity index (χ3n) is 11.5. The van der Waals surface area contributed by atoms with Crippen molar-refractivity contribution in [1.29, 1.82) is 0 Å². The molecule has 0 bridgehead atoms. The zero-order valence-corrected chi connectivity index (χ0v) is 40.5. The van der Waals surface area contributed by atoms with Crippen molar-refractivity contribution in [2.24, 2.45) is 5.92 Å². The molecule has 0 radical (unpaired) electrons. The average molecular weight is 982 g/mol. The number of esters is 2. The number of amides is 4. The normalized spacial score (nSPS) is 12.0. The van der Waals surface area contributed by atoms with Crippen LogP contribution < -0.4 is 20.7 Å². The molecule has 17 heteroatoms. The van der Waals surface area contributed by atoms with E-state index >= 15 is 0 Å². The van der Waals surface area contributed by atoms with Gasteiger partial charge in [-0.15, -0.1) is 0 Å². The number of unbranched alkanes of at least 4 members (excludes halogenated alkanes) is 2. The second-order valence-corrected chi connectivity index (χ2v) is 16.6. The fourth-order valence-electron chi connectivity index (χ4n) is 7.75. The van der Waals surface area contributed by atoms with Crippen LogP contribution in [0.5, 0.6) is 5.75 Å². The van der Waals surface area contributed by atoms with Gasteiger partial charge in [0.15, 0.2) is 5.76 Å². The minimum absolute atomic E-state index is 0.0294. The first-order valence-electron chi connectivity index (χ1n) is 23.8. The number of ether oxygens (including phenoxy) is 3. The Morgan fingerprint density at radius 1 is 0.736 bits per heavy atom. The van der Waals surface area contributed by atoms with Crippen LogP contribution >= 0.6 is 0 Å². The van der Waals surface area contributed by atoms with Crippen LogP contribution in [0.2, 0.25) is 0 Å². The maximum absolute atomic E-state index is 13.8. The highest BCUT2D eigenvalue weighted by atomic mass is 16.7. The predicted octanol–water partition coefficient (Wildman–Crippen LogP) is 8.12. The van der Waals surface area contributed by atoms with Crippen LogP contribution in [0.25, 0.3) is 17.0 Å².